The molecule has 1 N–H and O–H groups in total. The highest BCUT2D eigenvalue weighted by Crippen LogP contribution is 2.29. The van der Waals surface area contributed by atoms with Gasteiger partial charge in [-0.3, -0.25) is 24.2 Å². The van der Waals surface area contributed by atoms with Crippen LogP contribution in [0.5, 0.6) is 0 Å². The number of hydrogen-bond donors (Lipinski definition) is 1. The van der Waals surface area contributed by atoms with Crippen LogP contribution in [0.1, 0.15) is 41.3 Å². The van der Waals surface area contributed by atoms with Gasteiger partial charge in [-0.15, -0.1) is 0 Å². The number of nitrogens with zero attached hydrogens (tertiary/aromatic N) is 5. The Morgan fingerprint density at radius 2 is 2.03 bits per heavy atom. The van der Waals surface area contributed by atoms with Crippen molar-refractivity contribution in [1.82, 2.24) is 25.0 Å². The molecular formula is C25H28N6O2. The summed E-state index contributed by atoms with van der Waals surface area (Å²) in [6.45, 7) is 3.27. The van der Waals surface area contributed by atoms with Crippen LogP contribution in [0.15, 0.2) is 54.9 Å². The van der Waals surface area contributed by atoms with E-state index < -0.39 is 0 Å². The van der Waals surface area contributed by atoms with E-state index >= 15 is 0 Å². The minimum absolute atomic E-state index is 0.0341. The van der Waals surface area contributed by atoms with Crippen molar-refractivity contribution in [3.05, 3.63) is 77.4 Å². The molecule has 1 atom stereocenters. The van der Waals surface area contributed by atoms with Crippen molar-refractivity contribution in [1.29, 1.82) is 0 Å². The molecule has 33 heavy (non-hydrogen) atoms. The summed E-state index contributed by atoms with van der Waals surface area (Å²) < 4.78 is 1.79. The molecule has 0 unspecified atom stereocenters. The third-order valence-electron chi connectivity index (χ3n) is 6.32. The van der Waals surface area contributed by atoms with Gasteiger partial charge in [0.1, 0.15) is 0 Å². The predicted octanol–water partition coefficient (Wildman–Crippen LogP) is 2.36. The minimum Gasteiger partial charge on any atom is -0.350 e. The lowest BCUT2D eigenvalue weighted by Crippen LogP contribution is -2.40. The molecule has 0 spiro atoms. The van der Waals surface area contributed by atoms with Gasteiger partial charge in [-0.1, -0.05) is 18.2 Å². The summed E-state index contributed by atoms with van der Waals surface area (Å²) in [6.07, 6.45) is 5.28. The van der Waals surface area contributed by atoms with E-state index in [0.29, 0.717) is 19.5 Å². The van der Waals surface area contributed by atoms with Crippen LogP contribution in [-0.2, 0) is 36.3 Å². The van der Waals surface area contributed by atoms with E-state index in [-0.39, 0.29) is 17.7 Å². The molecule has 2 aliphatic rings. The van der Waals surface area contributed by atoms with Crippen LogP contribution in [0, 0.1) is 0 Å². The molecule has 0 saturated carbocycles. The Kier molecular flexibility index (Phi) is 5.92. The van der Waals surface area contributed by atoms with E-state index in [1.165, 1.54) is 0 Å². The number of rotatable bonds is 6. The average molecular weight is 445 g/mol. The second kappa shape index (κ2) is 9.15. The third-order valence-corrected chi connectivity index (χ3v) is 6.32. The van der Waals surface area contributed by atoms with Gasteiger partial charge in [0.05, 0.1) is 23.9 Å². The molecule has 1 aromatic carbocycles. The second-order valence-corrected chi connectivity index (χ2v) is 8.79. The molecule has 1 saturated heterocycles. The highest BCUT2D eigenvalue weighted by atomic mass is 16.2. The molecule has 4 heterocycles. The number of aryl methyl sites for hydroxylation is 1. The normalized spacial score (nSPS) is 18.4. The fraction of sp³-hybridized carbons (Fsp3) is 0.360. The van der Waals surface area contributed by atoms with E-state index in [0.717, 1.165) is 54.3 Å². The summed E-state index contributed by atoms with van der Waals surface area (Å²) >= 11 is 0. The van der Waals surface area contributed by atoms with Gasteiger partial charge < -0.3 is 10.2 Å². The fourth-order valence-electron chi connectivity index (χ4n) is 4.71. The molecule has 170 valence electrons. The number of amides is 2. The number of carbonyl (C=O) groups is 2. The standard InChI is InChI=1S/C25H28N6O2/c1-29-15-19-16-30(14-18-7-9-21(10-8-18)31-12-4-6-23(31)32)17-22(24(19)28-29)25(33)27-13-20-5-2-3-11-26-20/h2-3,5,7-11,15,22H,4,6,12-14,16-17H2,1H3,(H,27,33)/t22-/m0/s1. The van der Waals surface area contributed by atoms with Crippen LogP contribution in [0.2, 0.25) is 0 Å². The largest absolute Gasteiger partial charge is 0.350 e. The topological polar surface area (TPSA) is 83.4 Å². The van der Waals surface area contributed by atoms with Gasteiger partial charge in [0, 0.05) is 63.3 Å². The summed E-state index contributed by atoms with van der Waals surface area (Å²) in [7, 11) is 1.89. The van der Waals surface area contributed by atoms with Crippen LogP contribution in [0.4, 0.5) is 5.69 Å². The Bertz CT molecular complexity index is 1140. The molecule has 2 aliphatic heterocycles. The first-order chi connectivity index (χ1) is 16.1. The van der Waals surface area contributed by atoms with Gasteiger partial charge in [-0.25, -0.2) is 0 Å². The van der Waals surface area contributed by atoms with Crippen molar-refractivity contribution in [2.75, 3.05) is 18.0 Å². The first-order valence-electron chi connectivity index (χ1n) is 11.4. The number of carbonyl (C=O) groups excluding carboxylic acids is 2. The summed E-state index contributed by atoms with van der Waals surface area (Å²) in [5.74, 6) is -0.171. The number of nitrogens with one attached hydrogen (secondary N) is 1. The van der Waals surface area contributed by atoms with E-state index in [9.17, 15) is 9.59 Å². The van der Waals surface area contributed by atoms with Gasteiger partial charge in [0.25, 0.3) is 0 Å². The average Bonchev–Trinajstić information content (AvgIpc) is 3.42. The number of aromatic nitrogens is 3. The molecule has 2 amide bonds. The van der Waals surface area contributed by atoms with Crippen LogP contribution in [0.25, 0.3) is 0 Å². The Labute approximate surface area is 193 Å². The third kappa shape index (κ3) is 4.66. The molecule has 1 fully saturated rings. The van der Waals surface area contributed by atoms with Gasteiger partial charge in [-0.05, 0) is 36.2 Å². The molecular weight excluding hydrogens is 416 g/mol. The van der Waals surface area contributed by atoms with Crippen LogP contribution in [-0.4, -0.2) is 44.6 Å². The molecule has 8 heteroatoms. The number of benzene rings is 1. The van der Waals surface area contributed by atoms with E-state index in [2.05, 4.69) is 32.4 Å². The van der Waals surface area contributed by atoms with Gasteiger partial charge in [0.15, 0.2) is 0 Å². The maximum absolute atomic E-state index is 13.1. The van der Waals surface area contributed by atoms with Crippen molar-refractivity contribution in [2.24, 2.45) is 7.05 Å². The zero-order valence-electron chi connectivity index (χ0n) is 18.8. The molecule has 3 aromatic rings. The van der Waals surface area contributed by atoms with E-state index in [4.69, 9.17) is 0 Å². The first kappa shape index (κ1) is 21.3. The highest BCUT2D eigenvalue weighted by Gasteiger charge is 2.33. The summed E-state index contributed by atoms with van der Waals surface area (Å²) in [5.41, 5.74) is 4.89. The summed E-state index contributed by atoms with van der Waals surface area (Å²) in [6, 6.07) is 13.9. The lowest BCUT2D eigenvalue weighted by Gasteiger charge is -2.31. The Balaban J connectivity index is 1.28. The summed E-state index contributed by atoms with van der Waals surface area (Å²) in [5, 5.41) is 7.62. The van der Waals surface area contributed by atoms with E-state index in [1.54, 1.807) is 10.9 Å². The lowest BCUT2D eigenvalue weighted by molar-refractivity contribution is -0.123. The lowest BCUT2D eigenvalue weighted by atomic mass is 9.95. The zero-order chi connectivity index (χ0) is 22.8. The zero-order valence-corrected chi connectivity index (χ0v) is 18.8. The van der Waals surface area contributed by atoms with Gasteiger partial charge >= 0.3 is 0 Å². The molecule has 0 bridgehead atoms. The van der Waals surface area contributed by atoms with Crippen LogP contribution in [0.3, 0.4) is 0 Å². The monoisotopic (exact) mass is 444 g/mol. The number of pyridine rings is 1. The van der Waals surface area contributed by atoms with Crippen molar-refractivity contribution in [3.63, 3.8) is 0 Å². The van der Waals surface area contributed by atoms with Gasteiger partial charge in [-0.2, -0.15) is 5.10 Å². The minimum atomic E-state index is -0.333. The Morgan fingerprint density at radius 3 is 2.76 bits per heavy atom. The van der Waals surface area contributed by atoms with Crippen molar-refractivity contribution < 1.29 is 9.59 Å². The fourth-order valence-corrected chi connectivity index (χ4v) is 4.71. The van der Waals surface area contributed by atoms with Crippen molar-refractivity contribution in [3.8, 4) is 0 Å². The maximum atomic E-state index is 13.1. The molecule has 2 aromatic heterocycles. The van der Waals surface area contributed by atoms with Crippen molar-refractivity contribution in [2.45, 2.75) is 38.4 Å². The highest BCUT2D eigenvalue weighted by molar-refractivity contribution is 5.95. The first-order valence-corrected chi connectivity index (χ1v) is 11.4. The Morgan fingerprint density at radius 1 is 1.18 bits per heavy atom. The van der Waals surface area contributed by atoms with E-state index in [1.807, 2.05) is 48.5 Å². The SMILES string of the molecule is Cn1cc2c(n1)[C@@H](C(=O)NCc1ccccn1)CN(Cc1ccc(N3CCCC3=O)cc1)C2. The number of anilines is 1. The van der Waals surface area contributed by atoms with Crippen molar-refractivity contribution >= 4 is 17.5 Å². The molecule has 8 nitrogen and oxygen atoms in total. The molecule has 5 rings (SSSR count). The molecule has 0 radical (unpaired) electrons. The number of hydrogen-bond acceptors (Lipinski definition) is 5. The smallest absolute Gasteiger partial charge is 0.230 e. The number of fused-ring (bicyclic) bond motifs is 1. The van der Waals surface area contributed by atoms with Crippen LogP contribution >= 0.6 is 0 Å². The maximum Gasteiger partial charge on any atom is 0.230 e. The predicted molar refractivity (Wildman–Crippen MR) is 124 cm³/mol. The Hall–Kier alpha value is -3.52. The van der Waals surface area contributed by atoms with Crippen LogP contribution < -0.4 is 10.2 Å². The quantitative estimate of drug-likeness (QED) is 0.631. The second-order valence-electron chi connectivity index (χ2n) is 8.79. The van der Waals surface area contributed by atoms with Gasteiger partial charge in [0.2, 0.25) is 11.8 Å². The molecule has 0 aliphatic carbocycles. The summed E-state index contributed by atoms with van der Waals surface area (Å²) in [4.78, 5) is 33.5.